The van der Waals surface area contributed by atoms with Crippen LogP contribution in [0.2, 0.25) is 0 Å². The van der Waals surface area contributed by atoms with Gasteiger partial charge in [0, 0.05) is 12.0 Å². The lowest BCUT2D eigenvalue weighted by molar-refractivity contribution is -0.139. The van der Waals surface area contributed by atoms with Gasteiger partial charge in [-0.3, -0.25) is 15.2 Å². The molecule has 1 aliphatic carbocycles. The van der Waals surface area contributed by atoms with Gasteiger partial charge in [0.25, 0.3) is 5.91 Å². The van der Waals surface area contributed by atoms with E-state index in [0.29, 0.717) is 12.8 Å². The predicted molar refractivity (Wildman–Crippen MR) is 121 cm³/mol. The molecule has 0 fully saturated rings. The Morgan fingerprint density at radius 3 is 2.33 bits per heavy atom. The number of carbonyl (C=O) groups is 3. The highest BCUT2D eigenvalue weighted by Gasteiger charge is 2.29. The molecule has 4 rings (SSSR count). The molecule has 0 aliphatic heterocycles. The molecule has 33 heavy (non-hydrogen) atoms. The third kappa shape index (κ3) is 4.72. The van der Waals surface area contributed by atoms with Crippen molar-refractivity contribution in [1.82, 2.24) is 15.5 Å². The zero-order valence-corrected chi connectivity index (χ0v) is 18.0. The number of benzene rings is 2. The molecule has 9 nitrogen and oxygen atoms in total. The van der Waals surface area contributed by atoms with Gasteiger partial charge in [-0.15, -0.1) is 0 Å². The molecule has 1 atom stereocenters. The normalized spacial score (nSPS) is 13.0. The van der Waals surface area contributed by atoms with E-state index in [9.17, 15) is 19.5 Å². The van der Waals surface area contributed by atoms with Crippen LogP contribution >= 0.6 is 0 Å². The standard InChI is InChI=1S/C24H24N4O5/c1-2-7-19(23(30)31)25-22(29)20-12-21(28-27-20)26-24(32)33-13-18-16-10-5-3-8-14(16)15-9-4-6-11-17(15)18/h3-6,8-12,18-19H,2,7,13H2,1H3,(H,25,29)(H,30,31)(H2,26,27,28,32)/t19-/m0/s1. The zero-order valence-electron chi connectivity index (χ0n) is 18.0. The number of ether oxygens (including phenoxy) is 1. The van der Waals surface area contributed by atoms with E-state index in [1.54, 1.807) is 0 Å². The Kier molecular flexibility index (Phi) is 6.39. The van der Waals surface area contributed by atoms with Crippen molar-refractivity contribution in [3.05, 3.63) is 71.4 Å². The number of rotatable bonds is 8. The highest BCUT2D eigenvalue weighted by molar-refractivity contribution is 5.96. The Labute approximate surface area is 190 Å². The van der Waals surface area contributed by atoms with Gasteiger partial charge < -0.3 is 15.2 Å². The summed E-state index contributed by atoms with van der Waals surface area (Å²) in [6.07, 6.45) is 0.208. The summed E-state index contributed by atoms with van der Waals surface area (Å²) < 4.78 is 5.46. The number of carbonyl (C=O) groups excluding carboxylic acids is 2. The summed E-state index contributed by atoms with van der Waals surface area (Å²) in [5.41, 5.74) is 4.50. The van der Waals surface area contributed by atoms with E-state index in [1.807, 2.05) is 43.3 Å². The summed E-state index contributed by atoms with van der Waals surface area (Å²) >= 11 is 0. The van der Waals surface area contributed by atoms with E-state index in [0.717, 1.165) is 22.3 Å². The fourth-order valence-electron chi connectivity index (χ4n) is 4.02. The molecule has 1 aliphatic rings. The number of H-pyrrole nitrogens is 1. The lowest BCUT2D eigenvalue weighted by Crippen LogP contribution is -2.40. The molecule has 1 aromatic heterocycles. The van der Waals surface area contributed by atoms with Gasteiger partial charge in [-0.1, -0.05) is 61.9 Å². The van der Waals surface area contributed by atoms with Crippen molar-refractivity contribution in [3.8, 4) is 11.1 Å². The molecule has 0 saturated carbocycles. The number of anilines is 1. The number of nitrogens with one attached hydrogen (secondary N) is 3. The summed E-state index contributed by atoms with van der Waals surface area (Å²) in [7, 11) is 0. The van der Waals surface area contributed by atoms with Gasteiger partial charge in [0.15, 0.2) is 5.82 Å². The topological polar surface area (TPSA) is 133 Å². The fourth-order valence-corrected chi connectivity index (χ4v) is 4.02. The van der Waals surface area contributed by atoms with Crippen molar-refractivity contribution < 1.29 is 24.2 Å². The quantitative estimate of drug-likeness (QED) is 0.415. The zero-order chi connectivity index (χ0) is 23.4. The number of amides is 2. The summed E-state index contributed by atoms with van der Waals surface area (Å²) in [5.74, 6) is -1.71. The Hall–Kier alpha value is -4.14. The largest absolute Gasteiger partial charge is 0.480 e. The summed E-state index contributed by atoms with van der Waals surface area (Å²) in [5, 5.41) is 20.5. The first-order valence-electron chi connectivity index (χ1n) is 10.7. The Morgan fingerprint density at radius 1 is 1.09 bits per heavy atom. The second-order valence-electron chi connectivity index (χ2n) is 7.77. The number of carboxylic acid groups (broad SMARTS) is 1. The number of carboxylic acids is 1. The van der Waals surface area contributed by atoms with Gasteiger partial charge >= 0.3 is 12.1 Å². The number of hydrogen-bond acceptors (Lipinski definition) is 5. The van der Waals surface area contributed by atoms with Crippen LogP contribution in [0.4, 0.5) is 10.6 Å². The number of aromatic amines is 1. The third-order valence-corrected chi connectivity index (χ3v) is 5.58. The molecule has 0 radical (unpaired) electrons. The first-order valence-corrected chi connectivity index (χ1v) is 10.7. The van der Waals surface area contributed by atoms with Crippen LogP contribution in [-0.2, 0) is 9.53 Å². The lowest BCUT2D eigenvalue weighted by Gasteiger charge is -2.14. The number of nitrogens with zero attached hydrogens (tertiary/aromatic N) is 1. The maximum absolute atomic E-state index is 12.4. The average Bonchev–Trinajstić information content (AvgIpc) is 3.40. The molecule has 170 valence electrons. The van der Waals surface area contributed by atoms with Crippen molar-refractivity contribution in [1.29, 1.82) is 0 Å². The van der Waals surface area contributed by atoms with E-state index >= 15 is 0 Å². The van der Waals surface area contributed by atoms with Crippen LogP contribution in [0.25, 0.3) is 11.1 Å². The van der Waals surface area contributed by atoms with Gasteiger partial charge in [0.05, 0.1) is 0 Å². The van der Waals surface area contributed by atoms with Crippen LogP contribution in [0.5, 0.6) is 0 Å². The number of fused-ring (bicyclic) bond motifs is 3. The fraction of sp³-hybridized carbons (Fsp3) is 0.250. The molecule has 2 amide bonds. The van der Waals surface area contributed by atoms with Crippen LogP contribution in [0.3, 0.4) is 0 Å². The van der Waals surface area contributed by atoms with E-state index in [1.165, 1.54) is 6.07 Å². The van der Waals surface area contributed by atoms with Crippen LogP contribution in [0.15, 0.2) is 54.6 Å². The number of aliphatic carboxylic acids is 1. The first-order chi connectivity index (χ1) is 16.0. The van der Waals surface area contributed by atoms with Crippen molar-refractivity contribution in [2.75, 3.05) is 11.9 Å². The second-order valence-corrected chi connectivity index (χ2v) is 7.77. The van der Waals surface area contributed by atoms with Crippen molar-refractivity contribution >= 4 is 23.8 Å². The minimum Gasteiger partial charge on any atom is -0.480 e. The third-order valence-electron chi connectivity index (χ3n) is 5.58. The molecule has 4 N–H and O–H groups in total. The minimum absolute atomic E-state index is 0.0336. The molecule has 3 aromatic rings. The molecule has 0 saturated heterocycles. The predicted octanol–water partition coefficient (Wildman–Crippen LogP) is 3.75. The Morgan fingerprint density at radius 2 is 1.73 bits per heavy atom. The smallest absolute Gasteiger partial charge is 0.412 e. The van der Waals surface area contributed by atoms with Crippen LogP contribution in [-0.4, -0.2) is 45.9 Å². The summed E-state index contributed by atoms with van der Waals surface area (Å²) in [6, 6.07) is 16.4. The molecular weight excluding hydrogens is 424 g/mol. The van der Waals surface area contributed by atoms with Crippen molar-refractivity contribution in [2.24, 2.45) is 0 Å². The SMILES string of the molecule is CCC[C@H](NC(=O)c1cc(NC(=O)OCC2c3ccccc3-c3ccccc32)n[nH]1)C(=O)O. The van der Waals surface area contributed by atoms with Crippen molar-refractivity contribution in [3.63, 3.8) is 0 Å². The minimum atomic E-state index is -1.11. The maximum atomic E-state index is 12.4. The second kappa shape index (κ2) is 9.56. The van der Waals surface area contributed by atoms with E-state index in [4.69, 9.17) is 4.74 Å². The maximum Gasteiger partial charge on any atom is 0.412 e. The highest BCUT2D eigenvalue weighted by atomic mass is 16.5. The van der Waals surface area contributed by atoms with Crippen LogP contribution in [0.1, 0.15) is 47.3 Å². The average molecular weight is 448 g/mol. The molecular formula is C24H24N4O5. The van der Waals surface area contributed by atoms with Gasteiger partial charge in [0.2, 0.25) is 0 Å². The molecule has 0 spiro atoms. The highest BCUT2D eigenvalue weighted by Crippen LogP contribution is 2.44. The van der Waals surface area contributed by atoms with Gasteiger partial charge in [-0.25, -0.2) is 9.59 Å². The monoisotopic (exact) mass is 448 g/mol. The first kappa shape index (κ1) is 22.1. The lowest BCUT2D eigenvalue weighted by atomic mass is 9.98. The molecule has 9 heteroatoms. The number of hydrogen-bond donors (Lipinski definition) is 4. The molecule has 1 heterocycles. The van der Waals surface area contributed by atoms with Gasteiger partial charge in [-0.05, 0) is 28.7 Å². The van der Waals surface area contributed by atoms with Crippen molar-refractivity contribution in [2.45, 2.75) is 31.7 Å². The molecule has 2 aromatic carbocycles. The molecule has 0 bridgehead atoms. The number of aromatic nitrogens is 2. The summed E-state index contributed by atoms with van der Waals surface area (Å²) in [4.78, 5) is 35.9. The Bertz CT molecular complexity index is 1140. The van der Waals surface area contributed by atoms with Crippen LogP contribution in [0, 0.1) is 0 Å². The van der Waals surface area contributed by atoms with Crippen LogP contribution < -0.4 is 10.6 Å². The van der Waals surface area contributed by atoms with E-state index in [-0.39, 0.29) is 24.0 Å². The van der Waals surface area contributed by atoms with Gasteiger partial charge in [-0.2, -0.15) is 5.10 Å². The molecule has 0 unspecified atom stereocenters. The Balaban J connectivity index is 1.36. The van der Waals surface area contributed by atoms with Gasteiger partial charge in [0.1, 0.15) is 18.3 Å². The van der Waals surface area contributed by atoms with E-state index < -0.39 is 24.0 Å². The van der Waals surface area contributed by atoms with E-state index in [2.05, 4.69) is 33.0 Å². The summed E-state index contributed by atoms with van der Waals surface area (Å²) in [6.45, 7) is 1.98.